The highest BCUT2D eigenvalue weighted by atomic mass is 28.4. The Hall–Kier alpha value is -0.453. The lowest BCUT2D eigenvalue weighted by Crippen LogP contribution is -2.50. The second-order valence-corrected chi connectivity index (χ2v) is 16.3. The first kappa shape index (κ1) is 23.8. The summed E-state index contributed by atoms with van der Waals surface area (Å²) in [6.45, 7) is 19.6. The van der Waals surface area contributed by atoms with Gasteiger partial charge in [0.15, 0.2) is 14.1 Å². The minimum absolute atomic E-state index is 0.0952. The van der Waals surface area contributed by atoms with Crippen molar-refractivity contribution in [3.63, 3.8) is 0 Å². The van der Waals surface area contributed by atoms with Crippen molar-refractivity contribution in [3.8, 4) is 0 Å². The predicted molar refractivity (Wildman–Crippen MR) is 120 cm³/mol. The smallest absolute Gasteiger partial charge is 0.193 e. The van der Waals surface area contributed by atoms with Crippen LogP contribution in [0.1, 0.15) is 87.0 Å². The molecule has 0 saturated heterocycles. The molecule has 0 amide bonds. The van der Waals surface area contributed by atoms with Crippen LogP contribution in [0.2, 0.25) is 18.1 Å². The van der Waals surface area contributed by atoms with Crippen LogP contribution in [-0.2, 0) is 9.22 Å². The fraction of sp³-hybridized carbons (Fsp3) is 0.875. The van der Waals surface area contributed by atoms with Gasteiger partial charge in [-0.15, -0.1) is 0 Å². The highest BCUT2D eigenvalue weighted by molar-refractivity contribution is 6.74. The molecule has 1 N–H and O–H groups in total. The molecule has 0 aromatic carbocycles. The zero-order valence-electron chi connectivity index (χ0n) is 19.8. The van der Waals surface area contributed by atoms with Crippen LogP contribution in [0, 0.1) is 17.3 Å². The first-order valence-electron chi connectivity index (χ1n) is 11.2. The minimum Gasteiger partial charge on any atom is -0.405 e. The average Bonchev–Trinajstić information content (AvgIpc) is 2.88. The number of carbonyl (C=O) groups is 1. The summed E-state index contributed by atoms with van der Waals surface area (Å²) >= 11 is 0. The summed E-state index contributed by atoms with van der Waals surface area (Å²) in [6.07, 6.45) is 7.82. The Labute approximate surface area is 174 Å². The number of hydrogen-bond acceptors (Lipinski definition) is 3. The van der Waals surface area contributed by atoms with E-state index in [1.165, 1.54) is 12.0 Å². The second kappa shape index (κ2) is 8.00. The van der Waals surface area contributed by atoms with Crippen molar-refractivity contribution in [2.75, 3.05) is 0 Å². The summed E-state index contributed by atoms with van der Waals surface area (Å²) in [7, 11) is -1.99. The molecule has 1 saturated carbocycles. The number of aliphatic hydroxyl groups is 1. The first-order valence-corrected chi connectivity index (χ1v) is 14.1. The number of carbonyl (C=O) groups excluding carboxylic acids is 1. The Kier molecular flexibility index (Phi) is 6.80. The molecule has 2 aliphatic carbocycles. The molecule has 162 valence electrons. The molecule has 0 spiro atoms. The number of hydrogen-bond donors (Lipinski definition) is 1. The average molecular weight is 409 g/mol. The standard InChI is InChI=1S/C24H44O3Si/c1-17(18-13-14-19-20(25)11-10-16-24(18,19)7)12-15-21(26)23(5,6)27-28(8,9)22(2,3)4/h13,17,19-20,25H,10-12,14-16H2,1-9H3/t17-,19+,20+,24-/m1/s1. The number of Topliss-reactive ketones (excluding diaryl/α,β-unsaturated/α-hetero) is 1. The van der Waals surface area contributed by atoms with E-state index in [1.807, 2.05) is 13.8 Å². The molecule has 28 heavy (non-hydrogen) atoms. The molecule has 0 bridgehead atoms. The van der Waals surface area contributed by atoms with E-state index in [9.17, 15) is 9.90 Å². The van der Waals surface area contributed by atoms with E-state index < -0.39 is 13.9 Å². The fourth-order valence-electron chi connectivity index (χ4n) is 5.17. The van der Waals surface area contributed by atoms with Gasteiger partial charge in [-0.2, -0.15) is 0 Å². The topological polar surface area (TPSA) is 46.5 Å². The van der Waals surface area contributed by atoms with E-state index in [0.717, 1.165) is 25.7 Å². The molecule has 0 aromatic heterocycles. The third-order valence-electron chi connectivity index (χ3n) is 8.05. The SMILES string of the molecule is C[C@H](CCC(=O)C(C)(C)O[Si](C)(C)C(C)(C)C)C1=CC[C@H]2[C@@H](O)CCC[C@]12C. The van der Waals surface area contributed by atoms with E-state index in [1.54, 1.807) is 0 Å². The van der Waals surface area contributed by atoms with E-state index >= 15 is 0 Å². The number of ketones is 1. The Balaban J connectivity index is 1.99. The molecule has 2 aliphatic rings. The lowest BCUT2D eigenvalue weighted by molar-refractivity contribution is -0.133. The predicted octanol–water partition coefficient (Wildman–Crippen LogP) is 6.27. The molecule has 0 unspecified atom stereocenters. The van der Waals surface area contributed by atoms with E-state index in [4.69, 9.17) is 4.43 Å². The van der Waals surface area contributed by atoms with E-state index in [0.29, 0.717) is 18.3 Å². The fourth-order valence-corrected chi connectivity index (χ4v) is 6.86. The summed E-state index contributed by atoms with van der Waals surface area (Å²) in [5.74, 6) is 0.967. The molecule has 0 aliphatic heterocycles. The maximum atomic E-state index is 13.0. The van der Waals surface area contributed by atoms with Crippen molar-refractivity contribution in [2.45, 2.75) is 117 Å². The third-order valence-corrected chi connectivity index (χ3v) is 12.7. The number of aliphatic hydroxyl groups excluding tert-OH is 1. The van der Waals surface area contributed by atoms with Gasteiger partial charge in [0.1, 0.15) is 5.60 Å². The normalized spacial score (nSPS) is 30.0. The van der Waals surface area contributed by atoms with Crippen molar-refractivity contribution >= 4 is 14.1 Å². The van der Waals surface area contributed by atoms with Crippen LogP contribution in [0.15, 0.2) is 11.6 Å². The Morgan fingerprint density at radius 1 is 1.32 bits per heavy atom. The molecule has 0 radical (unpaired) electrons. The maximum Gasteiger partial charge on any atom is 0.193 e. The number of allylic oxidation sites excluding steroid dienone is 2. The van der Waals surface area contributed by atoms with Crippen LogP contribution in [0.5, 0.6) is 0 Å². The van der Waals surface area contributed by atoms with Gasteiger partial charge in [-0.25, -0.2) is 0 Å². The summed E-state index contributed by atoms with van der Waals surface area (Å²) in [5, 5.41) is 10.5. The molecule has 0 heterocycles. The van der Waals surface area contributed by atoms with E-state index in [2.05, 4.69) is 53.8 Å². The van der Waals surface area contributed by atoms with Gasteiger partial charge in [0.25, 0.3) is 0 Å². The van der Waals surface area contributed by atoms with Gasteiger partial charge in [0, 0.05) is 6.42 Å². The molecule has 2 rings (SSSR count). The Morgan fingerprint density at radius 3 is 2.50 bits per heavy atom. The highest BCUT2D eigenvalue weighted by Crippen LogP contribution is 2.55. The van der Waals surface area contributed by atoms with Gasteiger partial charge >= 0.3 is 0 Å². The molecule has 4 heteroatoms. The lowest BCUT2D eigenvalue weighted by Gasteiger charge is -2.44. The van der Waals surface area contributed by atoms with Crippen molar-refractivity contribution in [2.24, 2.45) is 17.3 Å². The van der Waals surface area contributed by atoms with Crippen LogP contribution < -0.4 is 0 Å². The summed E-state index contributed by atoms with van der Waals surface area (Å²) in [6, 6.07) is 0. The molecular formula is C24H44O3Si. The molecule has 3 nitrogen and oxygen atoms in total. The van der Waals surface area contributed by atoms with Gasteiger partial charge < -0.3 is 9.53 Å². The maximum absolute atomic E-state index is 13.0. The van der Waals surface area contributed by atoms with E-state index in [-0.39, 0.29) is 22.3 Å². The first-order chi connectivity index (χ1) is 12.6. The number of rotatable bonds is 7. The Morgan fingerprint density at radius 2 is 1.93 bits per heavy atom. The van der Waals surface area contributed by atoms with Crippen LogP contribution in [0.25, 0.3) is 0 Å². The Bertz CT molecular complexity index is 614. The van der Waals surface area contributed by atoms with Crippen molar-refractivity contribution < 1.29 is 14.3 Å². The van der Waals surface area contributed by atoms with Crippen molar-refractivity contribution in [3.05, 3.63) is 11.6 Å². The largest absolute Gasteiger partial charge is 0.405 e. The van der Waals surface area contributed by atoms with Crippen LogP contribution in [0.4, 0.5) is 0 Å². The van der Waals surface area contributed by atoms with Crippen molar-refractivity contribution in [1.29, 1.82) is 0 Å². The zero-order chi connectivity index (χ0) is 21.5. The van der Waals surface area contributed by atoms with Gasteiger partial charge in [-0.3, -0.25) is 4.79 Å². The quantitative estimate of drug-likeness (QED) is 0.399. The minimum atomic E-state index is -1.99. The van der Waals surface area contributed by atoms with Crippen LogP contribution >= 0.6 is 0 Å². The van der Waals surface area contributed by atoms with Crippen molar-refractivity contribution in [1.82, 2.24) is 0 Å². The van der Waals surface area contributed by atoms with Gasteiger partial charge in [-0.05, 0) is 81.3 Å². The summed E-state index contributed by atoms with van der Waals surface area (Å²) in [5.41, 5.74) is 0.875. The molecule has 4 atom stereocenters. The third kappa shape index (κ3) is 4.65. The summed E-state index contributed by atoms with van der Waals surface area (Å²) in [4.78, 5) is 13.0. The van der Waals surface area contributed by atoms with Crippen LogP contribution in [0.3, 0.4) is 0 Å². The van der Waals surface area contributed by atoms with Gasteiger partial charge in [0.2, 0.25) is 0 Å². The number of fused-ring (bicyclic) bond motifs is 1. The zero-order valence-corrected chi connectivity index (χ0v) is 20.8. The lowest BCUT2D eigenvalue weighted by atomic mass is 9.63. The highest BCUT2D eigenvalue weighted by Gasteiger charge is 2.48. The van der Waals surface area contributed by atoms with Gasteiger partial charge in [0.05, 0.1) is 6.10 Å². The monoisotopic (exact) mass is 408 g/mol. The molecule has 0 aromatic rings. The molecular weight excluding hydrogens is 364 g/mol. The van der Waals surface area contributed by atoms with Gasteiger partial charge in [-0.1, -0.05) is 46.3 Å². The second-order valence-electron chi connectivity index (χ2n) is 11.6. The van der Waals surface area contributed by atoms with Crippen LogP contribution in [-0.4, -0.2) is 30.9 Å². The summed E-state index contributed by atoms with van der Waals surface area (Å²) < 4.78 is 6.47. The molecule has 1 fully saturated rings.